The molecule has 1 amide bonds. The third kappa shape index (κ3) is 3.91. The largest absolute Gasteiger partial charge is 0.508 e. The lowest BCUT2D eigenvalue weighted by atomic mass is 9.94. The summed E-state index contributed by atoms with van der Waals surface area (Å²) in [6, 6.07) is 11.4. The number of anilines is 1. The number of phenolic OH excluding ortho intramolecular Hbond substituents is 1. The van der Waals surface area contributed by atoms with E-state index in [0.717, 1.165) is 0 Å². The zero-order chi connectivity index (χ0) is 22.0. The Labute approximate surface area is 174 Å². The predicted octanol–water partition coefficient (Wildman–Crippen LogP) is 3.84. The quantitative estimate of drug-likeness (QED) is 0.703. The second-order valence-corrected chi connectivity index (χ2v) is 7.21. The van der Waals surface area contributed by atoms with Crippen LogP contribution in [-0.2, 0) is 14.3 Å². The van der Waals surface area contributed by atoms with Crippen LogP contribution in [0.5, 0.6) is 5.75 Å². The van der Waals surface area contributed by atoms with E-state index in [1.54, 1.807) is 45.0 Å². The van der Waals surface area contributed by atoms with E-state index in [1.165, 1.54) is 29.2 Å². The molecule has 0 bridgehead atoms. The molecule has 7 nitrogen and oxygen atoms in total. The van der Waals surface area contributed by atoms with Crippen LogP contribution < -0.4 is 4.90 Å². The number of benzene rings is 2. The molecule has 1 atom stereocenters. The summed E-state index contributed by atoms with van der Waals surface area (Å²) >= 11 is 0. The molecule has 7 heteroatoms. The van der Waals surface area contributed by atoms with Crippen molar-refractivity contribution in [3.05, 3.63) is 71.0 Å². The summed E-state index contributed by atoms with van der Waals surface area (Å²) in [5, 5.41) is 20.1. The second-order valence-electron chi connectivity index (χ2n) is 7.21. The minimum absolute atomic E-state index is 0.0106. The van der Waals surface area contributed by atoms with Crippen molar-refractivity contribution >= 4 is 23.3 Å². The van der Waals surface area contributed by atoms with E-state index in [0.29, 0.717) is 16.8 Å². The number of ether oxygens (including phenoxy) is 1. The van der Waals surface area contributed by atoms with Gasteiger partial charge in [0.25, 0.3) is 5.91 Å². The van der Waals surface area contributed by atoms with Crippen molar-refractivity contribution in [1.29, 1.82) is 0 Å². The van der Waals surface area contributed by atoms with Gasteiger partial charge in [-0.1, -0.05) is 19.1 Å². The summed E-state index contributed by atoms with van der Waals surface area (Å²) in [5.41, 5.74) is 1.30. The van der Waals surface area contributed by atoms with Crippen LogP contribution >= 0.6 is 0 Å². The van der Waals surface area contributed by atoms with Crippen molar-refractivity contribution < 1.29 is 29.3 Å². The highest BCUT2D eigenvalue weighted by atomic mass is 16.5. The van der Waals surface area contributed by atoms with Crippen molar-refractivity contribution in [3.8, 4) is 5.75 Å². The molecular weight excluding hydrogens is 386 g/mol. The van der Waals surface area contributed by atoms with E-state index >= 15 is 0 Å². The summed E-state index contributed by atoms with van der Waals surface area (Å²) < 4.78 is 5.17. The third-order valence-electron chi connectivity index (χ3n) is 4.76. The van der Waals surface area contributed by atoms with Crippen molar-refractivity contribution in [3.63, 3.8) is 0 Å². The molecule has 1 heterocycles. The number of carbonyl (C=O) groups is 3. The number of hydrogen-bond donors (Lipinski definition) is 2. The Bertz CT molecular complexity index is 1000. The van der Waals surface area contributed by atoms with Crippen molar-refractivity contribution in [1.82, 2.24) is 0 Å². The molecule has 0 saturated carbocycles. The number of Topliss-reactive ketones (excluding diaryl/α,β-unsaturated/α-hetero) is 1. The molecule has 0 spiro atoms. The Hall–Kier alpha value is -3.61. The van der Waals surface area contributed by atoms with Crippen molar-refractivity contribution in [2.24, 2.45) is 0 Å². The number of rotatable bonds is 6. The Morgan fingerprint density at radius 2 is 1.63 bits per heavy atom. The topological polar surface area (TPSA) is 104 Å². The number of aliphatic hydroxyl groups excluding tert-OH is 1. The van der Waals surface area contributed by atoms with E-state index in [9.17, 15) is 24.6 Å². The fourth-order valence-corrected chi connectivity index (χ4v) is 3.36. The number of hydrogen-bond acceptors (Lipinski definition) is 6. The minimum atomic E-state index is -0.848. The maximum atomic E-state index is 12.9. The lowest BCUT2D eigenvalue weighted by Gasteiger charge is -2.27. The maximum absolute atomic E-state index is 12.9. The van der Waals surface area contributed by atoms with Gasteiger partial charge in [-0.15, -0.1) is 0 Å². The molecule has 2 N–H and O–H groups in total. The molecular formula is C23H23NO6. The summed E-state index contributed by atoms with van der Waals surface area (Å²) in [5.74, 6) is -2.09. The Balaban J connectivity index is 2.04. The molecule has 1 aliphatic rings. The van der Waals surface area contributed by atoms with Gasteiger partial charge in [-0.05, 0) is 55.8 Å². The summed E-state index contributed by atoms with van der Waals surface area (Å²) in [6.07, 6.45) is -0.144. The number of aromatic hydroxyl groups is 1. The molecule has 0 saturated heterocycles. The molecule has 0 fully saturated rings. The van der Waals surface area contributed by atoms with Gasteiger partial charge >= 0.3 is 5.97 Å². The predicted molar refractivity (Wildman–Crippen MR) is 110 cm³/mol. The van der Waals surface area contributed by atoms with Gasteiger partial charge in [0.2, 0.25) is 0 Å². The molecule has 156 valence electrons. The first-order valence-electron chi connectivity index (χ1n) is 9.64. The second kappa shape index (κ2) is 8.41. The summed E-state index contributed by atoms with van der Waals surface area (Å²) in [4.78, 5) is 38.8. The highest BCUT2D eigenvalue weighted by Gasteiger charge is 2.43. The number of phenols is 1. The van der Waals surface area contributed by atoms with Crippen LogP contribution in [-0.4, -0.2) is 34.0 Å². The maximum Gasteiger partial charge on any atom is 0.338 e. The molecule has 1 aliphatic heterocycles. The van der Waals surface area contributed by atoms with Crippen LogP contribution in [0, 0.1) is 0 Å². The summed E-state index contributed by atoms with van der Waals surface area (Å²) in [7, 11) is 0. The van der Waals surface area contributed by atoms with Crippen molar-refractivity contribution in [2.45, 2.75) is 39.3 Å². The van der Waals surface area contributed by atoms with Gasteiger partial charge in [-0.2, -0.15) is 0 Å². The highest BCUT2D eigenvalue weighted by Crippen LogP contribution is 2.41. The van der Waals surface area contributed by atoms with Gasteiger partial charge in [0.05, 0.1) is 23.3 Å². The summed E-state index contributed by atoms with van der Waals surface area (Å²) in [6.45, 7) is 5.15. The number of nitrogens with zero attached hydrogens (tertiary/aromatic N) is 1. The van der Waals surface area contributed by atoms with Crippen LogP contribution in [0.15, 0.2) is 59.9 Å². The zero-order valence-electron chi connectivity index (χ0n) is 17.0. The molecule has 2 aromatic carbocycles. The highest BCUT2D eigenvalue weighted by molar-refractivity contribution is 6.16. The number of esters is 1. The van der Waals surface area contributed by atoms with Crippen molar-refractivity contribution in [2.75, 3.05) is 4.90 Å². The van der Waals surface area contributed by atoms with E-state index < -0.39 is 23.7 Å². The standard InChI is InChI=1S/C23H23NO6/c1-4-18(26)19-20(14-7-11-17(25)12-8-14)24(22(28)21(19)27)16-9-5-15(6-10-16)23(29)30-13(2)3/h5-13,20,25,27H,4H2,1-3H3. The molecule has 1 unspecified atom stereocenters. The number of carbonyl (C=O) groups excluding carboxylic acids is 3. The fourth-order valence-electron chi connectivity index (χ4n) is 3.36. The number of ketones is 1. The van der Waals surface area contributed by atoms with Gasteiger partial charge in [0.15, 0.2) is 11.5 Å². The first kappa shape index (κ1) is 21.1. The van der Waals surface area contributed by atoms with Gasteiger partial charge < -0.3 is 14.9 Å². The fraction of sp³-hybridized carbons (Fsp3) is 0.261. The van der Waals surface area contributed by atoms with Crippen LogP contribution in [0.3, 0.4) is 0 Å². The van der Waals surface area contributed by atoms with E-state index in [1.807, 2.05) is 0 Å². The molecule has 0 radical (unpaired) electrons. The van der Waals surface area contributed by atoms with E-state index in [2.05, 4.69) is 0 Å². The number of amides is 1. The van der Waals surface area contributed by atoms with Crippen LogP contribution in [0.4, 0.5) is 5.69 Å². The SMILES string of the molecule is CCC(=O)C1=C(O)C(=O)N(c2ccc(C(=O)OC(C)C)cc2)C1c1ccc(O)cc1. The zero-order valence-corrected chi connectivity index (χ0v) is 17.0. The number of aliphatic hydroxyl groups is 1. The van der Waals surface area contributed by atoms with Crippen LogP contribution in [0.2, 0.25) is 0 Å². The average Bonchev–Trinajstić information content (AvgIpc) is 2.98. The molecule has 30 heavy (non-hydrogen) atoms. The van der Waals surface area contributed by atoms with Gasteiger partial charge in [0, 0.05) is 12.1 Å². The van der Waals surface area contributed by atoms with E-state index in [-0.39, 0.29) is 29.6 Å². The molecule has 0 aromatic heterocycles. The van der Waals surface area contributed by atoms with E-state index in [4.69, 9.17) is 4.74 Å². The normalized spacial score (nSPS) is 16.3. The third-order valence-corrected chi connectivity index (χ3v) is 4.76. The monoisotopic (exact) mass is 409 g/mol. The molecule has 0 aliphatic carbocycles. The lowest BCUT2D eigenvalue weighted by Crippen LogP contribution is -2.31. The Kier molecular flexibility index (Phi) is 5.91. The minimum Gasteiger partial charge on any atom is -0.508 e. The Morgan fingerprint density at radius 3 is 2.17 bits per heavy atom. The van der Waals surface area contributed by atoms with Gasteiger partial charge in [-0.25, -0.2) is 4.79 Å². The first-order valence-corrected chi connectivity index (χ1v) is 9.64. The smallest absolute Gasteiger partial charge is 0.338 e. The first-order chi connectivity index (χ1) is 14.2. The molecule has 2 aromatic rings. The van der Waals surface area contributed by atoms with Gasteiger partial charge in [0.1, 0.15) is 5.75 Å². The Morgan fingerprint density at radius 1 is 1.03 bits per heavy atom. The molecule has 3 rings (SSSR count). The lowest BCUT2D eigenvalue weighted by molar-refractivity contribution is -0.118. The van der Waals surface area contributed by atoms with Crippen LogP contribution in [0.1, 0.15) is 49.2 Å². The van der Waals surface area contributed by atoms with Crippen LogP contribution in [0.25, 0.3) is 0 Å². The van der Waals surface area contributed by atoms with Gasteiger partial charge in [-0.3, -0.25) is 14.5 Å². The average molecular weight is 409 g/mol.